The van der Waals surface area contributed by atoms with Gasteiger partial charge >= 0.3 is 0 Å². The van der Waals surface area contributed by atoms with E-state index < -0.39 is 10.0 Å². The molecule has 6 heteroatoms. The molecule has 4 rings (SSSR count). The Morgan fingerprint density at radius 3 is 2.15 bits per heavy atom. The van der Waals surface area contributed by atoms with Crippen LogP contribution < -0.4 is 4.31 Å². The Balaban J connectivity index is 1.81. The number of aromatic nitrogens is 2. The van der Waals surface area contributed by atoms with Crippen molar-refractivity contribution < 1.29 is 8.42 Å². The molecule has 0 atom stereocenters. The number of hydrogen-bond donors (Lipinski definition) is 1. The standard InChI is InChI=1S/C28H33N3O2S/c1-27(2,3)21-10-13-24(14-11-21)34(32,33)31(19-22-9-7-8-16-29-22)23-12-15-25-20(17-23)18-26(30-25)28(4,5)6/h7-18,30H,19H2,1-6H3. The molecule has 0 amide bonds. The number of rotatable bonds is 5. The normalized spacial score (nSPS) is 12.8. The lowest BCUT2D eigenvalue weighted by molar-refractivity contribution is 0.574. The zero-order chi connectivity index (χ0) is 24.7. The van der Waals surface area contributed by atoms with Crippen LogP contribution in [-0.2, 0) is 27.4 Å². The molecule has 1 N–H and O–H groups in total. The van der Waals surface area contributed by atoms with Crippen molar-refractivity contribution in [2.45, 2.75) is 63.8 Å². The molecule has 0 bridgehead atoms. The maximum absolute atomic E-state index is 13.9. The zero-order valence-corrected chi connectivity index (χ0v) is 21.6. The van der Waals surface area contributed by atoms with Crippen LogP contribution in [0, 0.1) is 0 Å². The fourth-order valence-electron chi connectivity index (χ4n) is 3.89. The van der Waals surface area contributed by atoms with E-state index in [4.69, 9.17) is 0 Å². The van der Waals surface area contributed by atoms with Gasteiger partial charge in [-0.15, -0.1) is 0 Å². The Morgan fingerprint density at radius 2 is 1.56 bits per heavy atom. The summed E-state index contributed by atoms with van der Waals surface area (Å²) in [5, 5.41) is 0.978. The highest BCUT2D eigenvalue weighted by molar-refractivity contribution is 7.92. The summed E-state index contributed by atoms with van der Waals surface area (Å²) in [6.07, 6.45) is 1.68. The van der Waals surface area contributed by atoms with E-state index in [9.17, 15) is 8.42 Å². The number of sulfonamides is 1. The summed E-state index contributed by atoms with van der Waals surface area (Å²) in [4.78, 5) is 8.11. The average Bonchev–Trinajstić information content (AvgIpc) is 3.22. The molecule has 2 aromatic carbocycles. The molecule has 4 aromatic rings. The van der Waals surface area contributed by atoms with Gasteiger partial charge in [0.15, 0.2) is 0 Å². The molecule has 0 aliphatic rings. The van der Waals surface area contributed by atoms with Gasteiger partial charge < -0.3 is 4.98 Å². The summed E-state index contributed by atoms with van der Waals surface area (Å²) in [6, 6.07) is 20.6. The van der Waals surface area contributed by atoms with Gasteiger partial charge in [-0.05, 0) is 59.5 Å². The largest absolute Gasteiger partial charge is 0.358 e. The molecule has 178 valence electrons. The molecule has 2 heterocycles. The highest BCUT2D eigenvalue weighted by Gasteiger charge is 2.27. The smallest absolute Gasteiger partial charge is 0.264 e. The second kappa shape index (κ2) is 8.58. The number of anilines is 1. The average molecular weight is 476 g/mol. The number of aromatic amines is 1. The second-order valence-corrected chi connectivity index (χ2v) is 12.7. The van der Waals surface area contributed by atoms with Gasteiger partial charge in [-0.1, -0.05) is 59.7 Å². The third-order valence-electron chi connectivity index (χ3n) is 6.04. The fourth-order valence-corrected chi connectivity index (χ4v) is 5.31. The van der Waals surface area contributed by atoms with Gasteiger partial charge in [-0.25, -0.2) is 8.42 Å². The van der Waals surface area contributed by atoms with Crippen molar-refractivity contribution in [3.8, 4) is 0 Å². The minimum atomic E-state index is -3.82. The van der Waals surface area contributed by atoms with Crippen molar-refractivity contribution in [3.05, 3.63) is 89.9 Å². The van der Waals surface area contributed by atoms with Crippen LogP contribution in [0.25, 0.3) is 10.9 Å². The molecule has 0 aliphatic carbocycles. The van der Waals surface area contributed by atoms with E-state index in [1.54, 1.807) is 18.3 Å². The van der Waals surface area contributed by atoms with Crippen molar-refractivity contribution >= 4 is 26.6 Å². The molecule has 0 aliphatic heterocycles. The number of fused-ring (bicyclic) bond motifs is 1. The van der Waals surface area contributed by atoms with Crippen LogP contribution in [0.15, 0.2) is 77.8 Å². The van der Waals surface area contributed by atoms with E-state index in [2.05, 4.69) is 57.6 Å². The van der Waals surface area contributed by atoms with Crippen molar-refractivity contribution in [2.75, 3.05) is 4.31 Å². The highest BCUT2D eigenvalue weighted by atomic mass is 32.2. The summed E-state index contributed by atoms with van der Waals surface area (Å²) < 4.78 is 29.2. The Labute approximate surface area is 202 Å². The van der Waals surface area contributed by atoms with E-state index in [1.165, 1.54) is 4.31 Å². The number of nitrogens with zero attached hydrogens (tertiary/aromatic N) is 2. The van der Waals surface area contributed by atoms with Gasteiger partial charge in [0, 0.05) is 28.2 Å². The maximum atomic E-state index is 13.9. The summed E-state index contributed by atoms with van der Waals surface area (Å²) >= 11 is 0. The lowest BCUT2D eigenvalue weighted by Gasteiger charge is -2.25. The Morgan fingerprint density at radius 1 is 0.853 bits per heavy atom. The van der Waals surface area contributed by atoms with E-state index >= 15 is 0 Å². The van der Waals surface area contributed by atoms with Crippen LogP contribution >= 0.6 is 0 Å². The van der Waals surface area contributed by atoms with Crippen LogP contribution in [0.4, 0.5) is 5.69 Å². The van der Waals surface area contributed by atoms with Crippen LogP contribution in [0.3, 0.4) is 0 Å². The quantitative estimate of drug-likeness (QED) is 0.356. The Kier molecular flexibility index (Phi) is 6.06. The van der Waals surface area contributed by atoms with Gasteiger partial charge in [0.1, 0.15) is 0 Å². The summed E-state index contributed by atoms with van der Waals surface area (Å²) in [6.45, 7) is 12.9. The molecule has 0 fully saturated rings. The van der Waals surface area contributed by atoms with Crippen LogP contribution in [0.2, 0.25) is 0 Å². The van der Waals surface area contributed by atoms with Crippen molar-refractivity contribution in [1.29, 1.82) is 0 Å². The molecular formula is C28H33N3O2S. The molecule has 2 aromatic heterocycles. The number of H-pyrrole nitrogens is 1. The first kappa shape index (κ1) is 24.0. The molecule has 0 saturated carbocycles. The topological polar surface area (TPSA) is 66.1 Å². The fraction of sp³-hybridized carbons (Fsp3) is 0.321. The number of nitrogens with one attached hydrogen (secondary N) is 1. The third kappa shape index (κ3) is 4.87. The van der Waals surface area contributed by atoms with E-state index in [1.807, 2.05) is 48.5 Å². The number of pyridine rings is 1. The number of hydrogen-bond acceptors (Lipinski definition) is 3. The lowest BCUT2D eigenvalue weighted by Crippen LogP contribution is -2.31. The van der Waals surface area contributed by atoms with Gasteiger partial charge in [0.2, 0.25) is 0 Å². The highest BCUT2D eigenvalue weighted by Crippen LogP contribution is 2.32. The van der Waals surface area contributed by atoms with E-state index in [0.29, 0.717) is 11.4 Å². The maximum Gasteiger partial charge on any atom is 0.264 e. The Bertz CT molecular complexity index is 1390. The summed E-state index contributed by atoms with van der Waals surface area (Å²) in [5.74, 6) is 0. The first-order valence-corrected chi connectivity index (χ1v) is 13.0. The predicted octanol–water partition coefficient (Wildman–Crippen LogP) is 6.55. The molecule has 0 radical (unpaired) electrons. The monoisotopic (exact) mass is 475 g/mol. The van der Waals surface area contributed by atoms with Crippen molar-refractivity contribution in [1.82, 2.24) is 9.97 Å². The molecule has 0 saturated heterocycles. The predicted molar refractivity (Wildman–Crippen MR) is 140 cm³/mol. The second-order valence-electron chi connectivity index (χ2n) is 10.8. The van der Waals surface area contributed by atoms with Crippen LogP contribution in [-0.4, -0.2) is 18.4 Å². The van der Waals surface area contributed by atoms with Crippen molar-refractivity contribution in [2.24, 2.45) is 0 Å². The van der Waals surface area contributed by atoms with Crippen LogP contribution in [0.5, 0.6) is 0 Å². The summed E-state index contributed by atoms with van der Waals surface area (Å²) in [5.41, 5.74) is 4.38. The minimum Gasteiger partial charge on any atom is -0.358 e. The lowest BCUT2D eigenvalue weighted by atomic mass is 9.87. The minimum absolute atomic E-state index is 0.0340. The van der Waals surface area contributed by atoms with Gasteiger partial charge in [-0.2, -0.15) is 0 Å². The Hall–Kier alpha value is -3.12. The third-order valence-corrected chi connectivity index (χ3v) is 7.83. The molecule has 5 nitrogen and oxygen atoms in total. The molecule has 0 spiro atoms. The van der Waals surface area contributed by atoms with E-state index in [0.717, 1.165) is 22.2 Å². The molecule has 0 unspecified atom stereocenters. The van der Waals surface area contributed by atoms with Gasteiger partial charge in [0.05, 0.1) is 22.8 Å². The van der Waals surface area contributed by atoms with Crippen LogP contribution in [0.1, 0.15) is 58.5 Å². The summed E-state index contributed by atoms with van der Waals surface area (Å²) in [7, 11) is -3.82. The van der Waals surface area contributed by atoms with E-state index in [-0.39, 0.29) is 22.3 Å². The SMILES string of the molecule is CC(C)(C)c1ccc(S(=O)(=O)N(Cc2ccccn2)c2ccc3[nH]c(C(C)(C)C)cc3c2)cc1. The molecule has 34 heavy (non-hydrogen) atoms. The van der Waals surface area contributed by atoms with Gasteiger partial charge in [-0.3, -0.25) is 9.29 Å². The first-order valence-electron chi connectivity index (χ1n) is 11.5. The molecular weight excluding hydrogens is 442 g/mol. The van der Waals surface area contributed by atoms with Gasteiger partial charge in [0.25, 0.3) is 10.0 Å². The number of benzene rings is 2. The van der Waals surface area contributed by atoms with Crippen molar-refractivity contribution in [3.63, 3.8) is 0 Å². The zero-order valence-electron chi connectivity index (χ0n) is 20.8. The first-order chi connectivity index (χ1) is 15.9.